The Hall–Kier alpha value is -4.05. The number of aryl methyl sites for hydroxylation is 2. The minimum atomic E-state index is -0.418. The molecule has 0 amide bonds. The van der Waals surface area contributed by atoms with Crippen LogP contribution in [0.1, 0.15) is 61.2 Å². The summed E-state index contributed by atoms with van der Waals surface area (Å²) in [5, 5.41) is 0. The molecule has 4 heteroatoms. The Morgan fingerprint density at radius 1 is 0.757 bits per heavy atom. The van der Waals surface area contributed by atoms with Crippen LogP contribution in [0, 0.1) is 13.8 Å². The molecule has 0 aliphatic carbocycles. The molecule has 0 aliphatic rings. The van der Waals surface area contributed by atoms with Crippen molar-refractivity contribution in [1.29, 1.82) is 0 Å². The lowest BCUT2D eigenvalue weighted by Gasteiger charge is -2.27. The minimum absolute atomic E-state index is 0.0850. The van der Waals surface area contributed by atoms with Crippen molar-refractivity contribution in [3.63, 3.8) is 0 Å². The fraction of sp³-hybridized carbons (Fsp3) is 0.242. The summed E-state index contributed by atoms with van der Waals surface area (Å²) in [6.45, 7) is 19.5. The van der Waals surface area contributed by atoms with Crippen LogP contribution in [0.15, 0.2) is 104 Å². The molecule has 0 aromatic heterocycles. The Kier molecular flexibility index (Phi) is 9.51. The van der Waals surface area contributed by atoms with Gasteiger partial charge in [0.2, 0.25) is 0 Å². The molecule has 0 bridgehead atoms. The maximum absolute atomic E-state index is 11.8. The molecule has 3 rings (SSSR count). The number of ether oxygens (including phenoxy) is 2. The number of nitrogens with zero attached hydrogens (tertiary/aromatic N) is 1. The Bertz CT molecular complexity index is 1170. The highest BCUT2D eigenvalue weighted by atomic mass is 16.5. The van der Waals surface area contributed by atoms with Gasteiger partial charge in [0.25, 0.3) is 0 Å². The van der Waals surface area contributed by atoms with Crippen LogP contribution in [0.4, 0.5) is 17.1 Å². The molecular weight excluding hydrogens is 458 g/mol. The number of hydrogen-bond acceptors (Lipinski definition) is 4. The number of anilines is 3. The van der Waals surface area contributed by atoms with Gasteiger partial charge in [0.05, 0.1) is 0 Å². The number of carbonyl (C=O) groups excluding carboxylic acids is 1. The standard InChI is InChI=1S/C33H37NO3/c1-8-25(7)36-31(9-2)26-13-18-28(19-14-26)34(30-17-12-23(5)24(6)22-30)29-20-15-27(16-21-29)32(10-3)37-33(35)11-4/h8,11-22,31-32H,1,4,7,9-10H2,2-3,5-6H3. The molecule has 3 aromatic rings. The van der Waals surface area contributed by atoms with Gasteiger partial charge in [-0.1, -0.05) is 63.9 Å². The molecule has 3 aromatic carbocycles. The maximum atomic E-state index is 11.8. The third-order valence-corrected chi connectivity index (χ3v) is 6.48. The monoisotopic (exact) mass is 495 g/mol. The average Bonchev–Trinajstić information content (AvgIpc) is 2.93. The van der Waals surface area contributed by atoms with Crippen molar-refractivity contribution in [2.45, 2.75) is 52.7 Å². The quantitative estimate of drug-likeness (QED) is 0.109. The van der Waals surface area contributed by atoms with Crippen molar-refractivity contribution >= 4 is 23.0 Å². The normalized spacial score (nSPS) is 12.2. The molecule has 4 nitrogen and oxygen atoms in total. The second kappa shape index (κ2) is 12.8. The van der Waals surface area contributed by atoms with Crippen molar-refractivity contribution in [1.82, 2.24) is 0 Å². The molecular formula is C33H37NO3. The van der Waals surface area contributed by atoms with E-state index in [1.54, 1.807) is 6.08 Å². The molecule has 2 unspecified atom stereocenters. The largest absolute Gasteiger partial charge is 0.486 e. The van der Waals surface area contributed by atoms with Gasteiger partial charge in [-0.3, -0.25) is 0 Å². The topological polar surface area (TPSA) is 38.8 Å². The summed E-state index contributed by atoms with van der Waals surface area (Å²) in [7, 11) is 0. The van der Waals surface area contributed by atoms with Crippen LogP contribution in [-0.4, -0.2) is 5.97 Å². The van der Waals surface area contributed by atoms with Gasteiger partial charge in [0, 0.05) is 23.1 Å². The summed E-state index contributed by atoms with van der Waals surface area (Å²) in [6.07, 6.45) is 3.93. The SMILES string of the molecule is C=CC(=C)OC(CC)c1ccc(N(c2ccc(C(CC)OC(=O)C=C)cc2)c2ccc(C)c(C)c2)cc1. The van der Waals surface area contributed by atoms with Gasteiger partial charge in [-0.15, -0.1) is 0 Å². The van der Waals surface area contributed by atoms with E-state index in [2.05, 4.69) is 100 Å². The molecule has 0 radical (unpaired) electrons. The minimum Gasteiger partial charge on any atom is -0.486 e. The second-order valence-electron chi connectivity index (χ2n) is 9.01. The third kappa shape index (κ3) is 6.79. The Labute approximate surface area is 221 Å². The van der Waals surface area contributed by atoms with Gasteiger partial charge in [0.1, 0.15) is 18.0 Å². The van der Waals surface area contributed by atoms with Crippen LogP contribution in [0.25, 0.3) is 0 Å². The van der Waals surface area contributed by atoms with Crippen LogP contribution in [0.3, 0.4) is 0 Å². The number of allylic oxidation sites excluding steroid dienone is 1. The molecule has 0 heterocycles. The van der Waals surface area contributed by atoms with E-state index in [0.717, 1.165) is 34.6 Å². The number of esters is 1. The van der Waals surface area contributed by atoms with Crippen LogP contribution in [0.5, 0.6) is 0 Å². The molecule has 192 valence electrons. The first-order valence-electron chi connectivity index (χ1n) is 12.7. The third-order valence-electron chi connectivity index (χ3n) is 6.48. The maximum Gasteiger partial charge on any atom is 0.330 e. The zero-order valence-electron chi connectivity index (χ0n) is 22.4. The summed E-state index contributed by atoms with van der Waals surface area (Å²) in [4.78, 5) is 14.0. The first-order chi connectivity index (χ1) is 17.8. The van der Waals surface area contributed by atoms with Gasteiger partial charge in [-0.05, 0) is 91.4 Å². The Morgan fingerprint density at radius 3 is 1.68 bits per heavy atom. The molecule has 37 heavy (non-hydrogen) atoms. The molecule has 0 fully saturated rings. The molecule has 0 spiro atoms. The van der Waals surface area contributed by atoms with Gasteiger partial charge in [-0.2, -0.15) is 0 Å². The van der Waals surface area contributed by atoms with E-state index < -0.39 is 5.97 Å². The average molecular weight is 496 g/mol. The molecule has 2 atom stereocenters. The Balaban J connectivity index is 2.00. The summed E-state index contributed by atoms with van der Waals surface area (Å²) in [5.74, 6) is 0.149. The van der Waals surface area contributed by atoms with Crippen LogP contribution < -0.4 is 4.90 Å². The van der Waals surface area contributed by atoms with Gasteiger partial charge < -0.3 is 14.4 Å². The number of carbonyl (C=O) groups is 1. The number of benzene rings is 3. The molecule has 0 N–H and O–H groups in total. The fourth-order valence-corrected chi connectivity index (χ4v) is 4.18. The van der Waals surface area contributed by atoms with Gasteiger partial charge in [0.15, 0.2) is 0 Å². The van der Waals surface area contributed by atoms with E-state index >= 15 is 0 Å². The van der Waals surface area contributed by atoms with Crippen molar-refractivity contribution in [3.8, 4) is 0 Å². The molecule has 0 aliphatic heterocycles. The van der Waals surface area contributed by atoms with Gasteiger partial charge >= 0.3 is 5.97 Å². The number of rotatable bonds is 12. The number of hydrogen-bond donors (Lipinski definition) is 0. The highest BCUT2D eigenvalue weighted by molar-refractivity contribution is 5.81. The van der Waals surface area contributed by atoms with E-state index in [1.165, 1.54) is 17.2 Å². The van der Waals surface area contributed by atoms with E-state index in [1.807, 2.05) is 19.1 Å². The summed E-state index contributed by atoms with van der Waals surface area (Å²) < 4.78 is 11.5. The van der Waals surface area contributed by atoms with Crippen LogP contribution in [-0.2, 0) is 14.3 Å². The lowest BCUT2D eigenvalue weighted by molar-refractivity contribution is -0.143. The predicted octanol–water partition coefficient (Wildman–Crippen LogP) is 9.12. The fourth-order valence-electron chi connectivity index (χ4n) is 4.18. The molecule has 0 saturated heterocycles. The lowest BCUT2D eigenvalue weighted by atomic mass is 10.0. The smallest absolute Gasteiger partial charge is 0.330 e. The van der Waals surface area contributed by atoms with Crippen molar-refractivity contribution in [2.24, 2.45) is 0 Å². The first kappa shape index (κ1) is 27.5. The zero-order valence-corrected chi connectivity index (χ0v) is 22.4. The first-order valence-corrected chi connectivity index (χ1v) is 12.7. The van der Waals surface area contributed by atoms with Gasteiger partial charge in [-0.25, -0.2) is 4.79 Å². The summed E-state index contributed by atoms with van der Waals surface area (Å²) in [5.41, 5.74) is 7.60. The van der Waals surface area contributed by atoms with E-state index in [4.69, 9.17) is 9.47 Å². The van der Waals surface area contributed by atoms with Crippen LogP contribution >= 0.6 is 0 Å². The van der Waals surface area contributed by atoms with E-state index in [0.29, 0.717) is 12.2 Å². The summed E-state index contributed by atoms with van der Waals surface area (Å²) >= 11 is 0. The highest BCUT2D eigenvalue weighted by Crippen LogP contribution is 2.37. The summed E-state index contributed by atoms with van der Waals surface area (Å²) in [6, 6.07) is 23.1. The van der Waals surface area contributed by atoms with Crippen LogP contribution in [0.2, 0.25) is 0 Å². The second-order valence-corrected chi connectivity index (χ2v) is 9.01. The lowest BCUT2D eigenvalue weighted by Crippen LogP contribution is -2.12. The van der Waals surface area contributed by atoms with Crippen molar-refractivity contribution in [2.75, 3.05) is 4.90 Å². The van der Waals surface area contributed by atoms with Crippen molar-refractivity contribution < 1.29 is 14.3 Å². The predicted molar refractivity (Wildman–Crippen MR) is 153 cm³/mol. The van der Waals surface area contributed by atoms with E-state index in [-0.39, 0.29) is 12.2 Å². The van der Waals surface area contributed by atoms with E-state index in [9.17, 15) is 4.79 Å². The molecule has 0 saturated carbocycles. The zero-order chi connectivity index (χ0) is 26.9. The highest BCUT2D eigenvalue weighted by Gasteiger charge is 2.18. The van der Waals surface area contributed by atoms with Crippen molar-refractivity contribution in [3.05, 3.63) is 127 Å². The Morgan fingerprint density at radius 2 is 1.24 bits per heavy atom.